The van der Waals surface area contributed by atoms with Gasteiger partial charge in [-0.2, -0.15) is 0 Å². The smallest absolute Gasteiger partial charge is 0.243 e. The molecule has 2 N–H and O–H groups in total. The molecule has 1 aliphatic heterocycles. The highest BCUT2D eigenvalue weighted by Gasteiger charge is 2.37. The van der Waals surface area contributed by atoms with Crippen molar-refractivity contribution in [1.29, 1.82) is 0 Å². The Hall–Kier alpha value is -2.35. The maximum absolute atomic E-state index is 12.2. The zero-order chi connectivity index (χ0) is 17.2. The molecule has 0 bridgehead atoms. The van der Waals surface area contributed by atoms with Crippen LogP contribution in [0.25, 0.3) is 11.3 Å². The van der Waals surface area contributed by atoms with Crippen LogP contribution in [-0.4, -0.2) is 38.5 Å². The maximum Gasteiger partial charge on any atom is 0.243 e. The Morgan fingerprint density at radius 1 is 1.54 bits per heavy atom. The van der Waals surface area contributed by atoms with Gasteiger partial charge in [0.05, 0.1) is 11.3 Å². The molecule has 0 radical (unpaired) electrons. The third-order valence-corrected chi connectivity index (χ3v) is 5.14. The quantitative estimate of drug-likeness (QED) is 0.868. The molecule has 0 saturated carbocycles. The second-order valence-electron chi connectivity index (χ2n) is 5.99. The van der Waals surface area contributed by atoms with Crippen LogP contribution in [-0.2, 0) is 16.1 Å². The number of rotatable bonds is 4. The van der Waals surface area contributed by atoms with Crippen LogP contribution in [0.1, 0.15) is 19.6 Å². The zero-order valence-corrected chi connectivity index (χ0v) is 14.2. The van der Waals surface area contributed by atoms with Crippen molar-refractivity contribution in [2.24, 2.45) is 0 Å². The highest BCUT2D eigenvalue weighted by molar-refractivity contribution is 8.01. The predicted molar refractivity (Wildman–Crippen MR) is 90.0 cm³/mol. The van der Waals surface area contributed by atoms with Crippen molar-refractivity contribution in [2.75, 3.05) is 5.75 Å². The lowest BCUT2D eigenvalue weighted by Crippen LogP contribution is -2.56. The van der Waals surface area contributed by atoms with Crippen LogP contribution in [0, 0.1) is 0 Å². The Kier molecular flexibility index (Phi) is 4.57. The molecule has 1 aliphatic rings. The minimum absolute atomic E-state index is 0.127. The van der Waals surface area contributed by atoms with Gasteiger partial charge in [0.2, 0.25) is 11.8 Å². The Labute approximate surface area is 143 Å². The Bertz CT molecular complexity index is 745. The summed E-state index contributed by atoms with van der Waals surface area (Å²) in [5.41, 5.74) is 1.51. The average Bonchev–Trinajstić information content (AvgIpc) is 3.05. The first kappa shape index (κ1) is 16.5. The minimum Gasteiger partial charge on any atom is -0.359 e. The van der Waals surface area contributed by atoms with Gasteiger partial charge in [-0.3, -0.25) is 14.6 Å². The fourth-order valence-corrected chi connectivity index (χ4v) is 3.22. The number of hydrogen-bond acceptors (Lipinski definition) is 6. The largest absolute Gasteiger partial charge is 0.359 e. The molecule has 1 fully saturated rings. The van der Waals surface area contributed by atoms with E-state index in [1.54, 1.807) is 18.5 Å². The van der Waals surface area contributed by atoms with Gasteiger partial charge in [0.15, 0.2) is 5.76 Å². The van der Waals surface area contributed by atoms with Crippen LogP contribution in [0.5, 0.6) is 0 Å². The monoisotopic (exact) mass is 346 g/mol. The van der Waals surface area contributed by atoms with Crippen LogP contribution in [0.2, 0.25) is 0 Å². The van der Waals surface area contributed by atoms with Crippen LogP contribution in [0.3, 0.4) is 0 Å². The molecule has 1 atom stereocenters. The van der Waals surface area contributed by atoms with Gasteiger partial charge in [0, 0.05) is 29.8 Å². The number of thioether (sulfide) groups is 1. The van der Waals surface area contributed by atoms with Crippen molar-refractivity contribution in [1.82, 2.24) is 20.8 Å². The second-order valence-corrected chi connectivity index (χ2v) is 7.63. The first-order valence-corrected chi connectivity index (χ1v) is 8.53. The molecule has 1 unspecified atom stereocenters. The minimum atomic E-state index is -0.531. The standard InChI is InChI=1S/C16H18N4O3S/c1-16(2)15(22)19-13(9-24-16)14(21)18-8-11-6-12(20-23-11)10-4-3-5-17-7-10/h3-7,13H,8-9H2,1-2H3,(H,18,21)(H,19,22). The third kappa shape index (κ3) is 3.59. The molecule has 126 valence electrons. The van der Waals surface area contributed by atoms with Gasteiger partial charge >= 0.3 is 0 Å². The summed E-state index contributed by atoms with van der Waals surface area (Å²) in [4.78, 5) is 28.1. The van der Waals surface area contributed by atoms with E-state index in [0.29, 0.717) is 17.2 Å². The number of nitrogens with one attached hydrogen (secondary N) is 2. The van der Waals surface area contributed by atoms with Crippen LogP contribution in [0.4, 0.5) is 0 Å². The lowest BCUT2D eigenvalue weighted by Gasteiger charge is -2.32. The van der Waals surface area contributed by atoms with Gasteiger partial charge in [0.25, 0.3) is 0 Å². The highest BCUT2D eigenvalue weighted by atomic mass is 32.2. The van der Waals surface area contributed by atoms with Crippen molar-refractivity contribution in [2.45, 2.75) is 31.2 Å². The number of pyridine rings is 1. The van der Waals surface area contributed by atoms with Crippen LogP contribution >= 0.6 is 11.8 Å². The molecule has 0 spiro atoms. The molecule has 0 aromatic carbocycles. The number of aromatic nitrogens is 2. The molecule has 1 saturated heterocycles. The summed E-state index contributed by atoms with van der Waals surface area (Å²) in [5, 5.41) is 9.48. The van der Waals surface area contributed by atoms with Gasteiger partial charge in [-0.25, -0.2) is 0 Å². The first-order chi connectivity index (χ1) is 11.5. The van der Waals surface area contributed by atoms with E-state index in [1.165, 1.54) is 11.8 Å². The maximum atomic E-state index is 12.2. The lowest BCUT2D eigenvalue weighted by molar-refractivity contribution is -0.129. The van der Waals surface area contributed by atoms with Crippen molar-refractivity contribution in [3.63, 3.8) is 0 Å². The molecule has 2 aromatic rings. The highest BCUT2D eigenvalue weighted by Crippen LogP contribution is 2.29. The molecule has 3 heterocycles. The molecule has 7 nitrogen and oxygen atoms in total. The van der Waals surface area contributed by atoms with Gasteiger partial charge in [-0.1, -0.05) is 5.16 Å². The van der Waals surface area contributed by atoms with Crippen molar-refractivity contribution in [3.8, 4) is 11.3 Å². The van der Waals surface area contributed by atoms with E-state index in [0.717, 1.165) is 5.56 Å². The van der Waals surface area contributed by atoms with E-state index in [9.17, 15) is 9.59 Å². The van der Waals surface area contributed by atoms with E-state index in [1.807, 2.05) is 26.0 Å². The molecule has 2 amide bonds. The average molecular weight is 346 g/mol. The van der Waals surface area contributed by atoms with Crippen molar-refractivity contribution < 1.29 is 14.1 Å². The summed E-state index contributed by atoms with van der Waals surface area (Å²) >= 11 is 1.47. The summed E-state index contributed by atoms with van der Waals surface area (Å²) in [6, 6.07) is 4.92. The number of amides is 2. The summed E-state index contributed by atoms with van der Waals surface area (Å²) in [7, 11) is 0. The van der Waals surface area contributed by atoms with Crippen LogP contribution < -0.4 is 10.6 Å². The van der Waals surface area contributed by atoms with Gasteiger partial charge in [-0.15, -0.1) is 11.8 Å². The summed E-state index contributed by atoms with van der Waals surface area (Å²) in [5.74, 6) is 0.725. The number of carbonyl (C=O) groups is 2. The molecule has 8 heteroatoms. The second kappa shape index (κ2) is 6.64. The Morgan fingerprint density at radius 3 is 3.08 bits per heavy atom. The fraction of sp³-hybridized carbons (Fsp3) is 0.375. The fourth-order valence-electron chi connectivity index (χ4n) is 2.22. The van der Waals surface area contributed by atoms with E-state index >= 15 is 0 Å². The topological polar surface area (TPSA) is 97.1 Å². The molecule has 3 rings (SSSR count). The van der Waals surface area contributed by atoms with Gasteiger partial charge in [-0.05, 0) is 26.0 Å². The van der Waals surface area contributed by atoms with E-state index in [-0.39, 0.29) is 18.4 Å². The van der Waals surface area contributed by atoms with Gasteiger partial charge in [0.1, 0.15) is 11.7 Å². The Morgan fingerprint density at radius 2 is 2.38 bits per heavy atom. The summed E-state index contributed by atoms with van der Waals surface area (Å²) < 4.78 is 4.73. The predicted octanol–water partition coefficient (Wildman–Crippen LogP) is 1.36. The van der Waals surface area contributed by atoms with Crippen molar-refractivity contribution >= 4 is 23.6 Å². The normalized spacial score (nSPS) is 19.6. The lowest BCUT2D eigenvalue weighted by atomic mass is 10.1. The van der Waals surface area contributed by atoms with E-state index in [4.69, 9.17) is 4.52 Å². The number of nitrogens with zero attached hydrogens (tertiary/aromatic N) is 2. The first-order valence-electron chi connectivity index (χ1n) is 7.54. The zero-order valence-electron chi connectivity index (χ0n) is 13.4. The summed E-state index contributed by atoms with van der Waals surface area (Å²) in [6.45, 7) is 3.90. The molecular formula is C16H18N4O3S. The number of hydrogen-bond donors (Lipinski definition) is 2. The Balaban J connectivity index is 1.56. The van der Waals surface area contributed by atoms with E-state index in [2.05, 4.69) is 20.8 Å². The molecular weight excluding hydrogens is 328 g/mol. The van der Waals surface area contributed by atoms with E-state index < -0.39 is 10.8 Å². The van der Waals surface area contributed by atoms with Crippen LogP contribution in [0.15, 0.2) is 35.1 Å². The third-order valence-electron chi connectivity index (χ3n) is 3.73. The molecule has 24 heavy (non-hydrogen) atoms. The van der Waals surface area contributed by atoms with Crippen molar-refractivity contribution in [3.05, 3.63) is 36.4 Å². The molecule has 0 aliphatic carbocycles. The van der Waals surface area contributed by atoms with Gasteiger partial charge < -0.3 is 15.2 Å². The molecule has 2 aromatic heterocycles. The SMILES string of the molecule is CC1(C)SCC(C(=O)NCc2cc(-c3cccnc3)no2)NC1=O. The summed E-state index contributed by atoms with van der Waals surface area (Å²) in [6.07, 6.45) is 3.37. The number of carbonyl (C=O) groups excluding carboxylic acids is 2.